The van der Waals surface area contributed by atoms with E-state index in [1.807, 2.05) is 13.8 Å². The summed E-state index contributed by atoms with van der Waals surface area (Å²) in [5, 5.41) is 2.50. The van der Waals surface area contributed by atoms with E-state index in [-0.39, 0.29) is 5.92 Å². The minimum Gasteiger partial charge on any atom is -0.464 e. The molecular formula is C25H49NO4. The number of alkyl carbamates (subject to hydrolysis) is 1. The van der Waals surface area contributed by atoms with Crippen LogP contribution in [0, 0.1) is 5.92 Å². The van der Waals surface area contributed by atoms with Crippen LogP contribution in [0.15, 0.2) is 0 Å². The maximum atomic E-state index is 11.9. The molecule has 5 nitrogen and oxygen atoms in total. The Morgan fingerprint density at radius 1 is 0.667 bits per heavy atom. The van der Waals surface area contributed by atoms with Crippen LogP contribution in [0.25, 0.3) is 0 Å². The van der Waals surface area contributed by atoms with Crippen molar-refractivity contribution in [3.05, 3.63) is 0 Å². The van der Waals surface area contributed by atoms with Crippen molar-refractivity contribution in [2.24, 2.45) is 5.92 Å². The van der Waals surface area contributed by atoms with E-state index >= 15 is 0 Å². The summed E-state index contributed by atoms with van der Waals surface area (Å²) in [6.45, 7) is 8.57. The number of hydrogen-bond donors (Lipinski definition) is 1. The minimum absolute atomic E-state index is 0.267. The largest absolute Gasteiger partial charge is 0.464 e. The van der Waals surface area contributed by atoms with Crippen LogP contribution in [0.2, 0.25) is 0 Å². The molecule has 0 aromatic carbocycles. The Bertz CT molecular complexity index is 412. The van der Waals surface area contributed by atoms with Crippen molar-refractivity contribution in [2.75, 3.05) is 13.2 Å². The molecule has 0 rings (SSSR count). The van der Waals surface area contributed by atoms with Gasteiger partial charge in [-0.25, -0.2) is 9.59 Å². The summed E-state index contributed by atoms with van der Waals surface area (Å²) in [5.74, 6) is -0.134. The molecular weight excluding hydrogens is 378 g/mol. The van der Waals surface area contributed by atoms with Crippen molar-refractivity contribution < 1.29 is 19.1 Å². The summed E-state index contributed by atoms with van der Waals surface area (Å²) in [6, 6.07) is -0.680. The molecule has 0 aliphatic heterocycles. The summed E-state index contributed by atoms with van der Waals surface area (Å²) >= 11 is 0. The second-order valence-corrected chi connectivity index (χ2v) is 8.98. The Balaban J connectivity index is 3.36. The van der Waals surface area contributed by atoms with E-state index in [4.69, 9.17) is 9.47 Å². The topological polar surface area (TPSA) is 64.6 Å². The van der Waals surface area contributed by atoms with Crippen LogP contribution in [-0.2, 0) is 14.3 Å². The third-order valence-electron chi connectivity index (χ3n) is 5.23. The molecule has 0 fully saturated rings. The number of amides is 1. The van der Waals surface area contributed by atoms with Crippen LogP contribution in [0.1, 0.15) is 124 Å². The summed E-state index contributed by atoms with van der Waals surface area (Å²) in [4.78, 5) is 23.4. The maximum absolute atomic E-state index is 11.9. The van der Waals surface area contributed by atoms with Gasteiger partial charge in [-0.2, -0.15) is 0 Å². The lowest BCUT2D eigenvalue weighted by atomic mass is 10.0. The number of carbonyl (C=O) groups excluding carboxylic acids is 2. The van der Waals surface area contributed by atoms with Crippen LogP contribution in [0.4, 0.5) is 4.79 Å². The van der Waals surface area contributed by atoms with E-state index in [1.54, 1.807) is 6.92 Å². The van der Waals surface area contributed by atoms with Crippen molar-refractivity contribution >= 4 is 12.1 Å². The Hall–Kier alpha value is -1.26. The molecule has 30 heavy (non-hydrogen) atoms. The average molecular weight is 428 g/mol. The van der Waals surface area contributed by atoms with E-state index in [2.05, 4.69) is 12.2 Å². The number of ether oxygens (including phenoxy) is 2. The molecule has 0 unspecified atom stereocenters. The smallest absolute Gasteiger partial charge is 0.407 e. The van der Waals surface area contributed by atoms with Crippen molar-refractivity contribution in [3.8, 4) is 0 Å². The molecule has 1 atom stereocenters. The van der Waals surface area contributed by atoms with Gasteiger partial charge in [-0.15, -0.1) is 0 Å². The normalized spacial score (nSPS) is 12.0. The van der Waals surface area contributed by atoms with Crippen LogP contribution in [0.5, 0.6) is 0 Å². The fourth-order valence-corrected chi connectivity index (χ4v) is 3.29. The summed E-state index contributed by atoms with van der Waals surface area (Å²) < 4.78 is 10.2. The van der Waals surface area contributed by atoms with Gasteiger partial charge in [0.25, 0.3) is 0 Å². The molecule has 178 valence electrons. The van der Waals surface area contributed by atoms with E-state index in [0.29, 0.717) is 13.2 Å². The van der Waals surface area contributed by atoms with Gasteiger partial charge in [-0.1, -0.05) is 111 Å². The second kappa shape index (κ2) is 21.0. The van der Waals surface area contributed by atoms with Gasteiger partial charge in [-0.05, 0) is 19.3 Å². The molecule has 0 aromatic heterocycles. The molecule has 0 aliphatic carbocycles. The second-order valence-electron chi connectivity index (χ2n) is 8.98. The standard InChI is InChI=1S/C25H49NO4/c1-5-6-7-8-9-10-11-12-13-14-15-16-17-18-19-20-29-24(27)23(4)26-25(28)30-21-22(2)3/h22-23H,5-21H2,1-4H3,(H,26,28)/t23-/m0/s1. The highest BCUT2D eigenvalue weighted by atomic mass is 16.6. The molecule has 0 radical (unpaired) electrons. The lowest BCUT2D eigenvalue weighted by molar-refractivity contribution is -0.145. The van der Waals surface area contributed by atoms with Crippen LogP contribution >= 0.6 is 0 Å². The third kappa shape index (κ3) is 20.0. The average Bonchev–Trinajstić information content (AvgIpc) is 2.71. The van der Waals surface area contributed by atoms with Gasteiger partial charge < -0.3 is 14.8 Å². The molecule has 1 N–H and O–H groups in total. The van der Waals surface area contributed by atoms with Gasteiger partial charge in [-0.3, -0.25) is 0 Å². The summed E-state index contributed by atoms with van der Waals surface area (Å²) in [5.41, 5.74) is 0. The number of unbranched alkanes of at least 4 members (excludes halogenated alkanes) is 14. The van der Waals surface area contributed by atoms with E-state index < -0.39 is 18.1 Å². The van der Waals surface area contributed by atoms with Gasteiger partial charge in [0.05, 0.1) is 13.2 Å². The van der Waals surface area contributed by atoms with Crippen LogP contribution < -0.4 is 5.32 Å². The lowest BCUT2D eigenvalue weighted by Crippen LogP contribution is -2.40. The SMILES string of the molecule is CCCCCCCCCCCCCCCCCOC(=O)[C@H](C)NC(=O)OCC(C)C. The number of carbonyl (C=O) groups is 2. The molecule has 0 saturated heterocycles. The molecule has 0 saturated carbocycles. The van der Waals surface area contributed by atoms with Crippen molar-refractivity contribution in [1.29, 1.82) is 0 Å². The molecule has 0 bridgehead atoms. The molecule has 5 heteroatoms. The van der Waals surface area contributed by atoms with Gasteiger partial charge in [0.2, 0.25) is 0 Å². The third-order valence-corrected chi connectivity index (χ3v) is 5.23. The van der Waals surface area contributed by atoms with Gasteiger partial charge in [0.1, 0.15) is 6.04 Å². The molecule has 0 spiro atoms. The first kappa shape index (κ1) is 28.7. The van der Waals surface area contributed by atoms with Crippen molar-refractivity contribution in [1.82, 2.24) is 5.32 Å². The fraction of sp³-hybridized carbons (Fsp3) is 0.920. The fourth-order valence-electron chi connectivity index (χ4n) is 3.29. The number of rotatable bonds is 20. The van der Waals surface area contributed by atoms with E-state index in [0.717, 1.165) is 12.8 Å². The summed E-state index contributed by atoms with van der Waals surface area (Å²) in [7, 11) is 0. The number of nitrogens with one attached hydrogen (secondary N) is 1. The molecule has 0 aliphatic rings. The van der Waals surface area contributed by atoms with E-state index in [1.165, 1.54) is 83.5 Å². The van der Waals surface area contributed by atoms with Gasteiger partial charge in [0, 0.05) is 0 Å². The van der Waals surface area contributed by atoms with Crippen molar-refractivity contribution in [2.45, 2.75) is 130 Å². The van der Waals surface area contributed by atoms with Gasteiger partial charge >= 0.3 is 12.1 Å². The number of hydrogen-bond acceptors (Lipinski definition) is 4. The Morgan fingerprint density at radius 2 is 1.10 bits per heavy atom. The first-order chi connectivity index (χ1) is 14.5. The quantitative estimate of drug-likeness (QED) is 0.165. The lowest BCUT2D eigenvalue weighted by Gasteiger charge is -2.14. The van der Waals surface area contributed by atoms with E-state index in [9.17, 15) is 9.59 Å². The monoisotopic (exact) mass is 427 g/mol. The predicted octanol–water partition coefficient (Wildman–Crippen LogP) is 7.17. The zero-order valence-electron chi connectivity index (χ0n) is 20.3. The Kier molecular flexibility index (Phi) is 20.1. The highest BCUT2D eigenvalue weighted by Crippen LogP contribution is 2.13. The Labute approximate surface area is 186 Å². The maximum Gasteiger partial charge on any atom is 0.407 e. The predicted molar refractivity (Wildman–Crippen MR) is 125 cm³/mol. The zero-order valence-corrected chi connectivity index (χ0v) is 20.3. The minimum atomic E-state index is -0.680. The Morgan fingerprint density at radius 3 is 1.53 bits per heavy atom. The first-order valence-electron chi connectivity index (χ1n) is 12.6. The highest BCUT2D eigenvalue weighted by molar-refractivity contribution is 5.80. The first-order valence-corrected chi connectivity index (χ1v) is 12.6. The highest BCUT2D eigenvalue weighted by Gasteiger charge is 2.17. The zero-order chi connectivity index (χ0) is 22.5. The van der Waals surface area contributed by atoms with Crippen molar-refractivity contribution in [3.63, 3.8) is 0 Å². The van der Waals surface area contributed by atoms with Crippen LogP contribution in [0.3, 0.4) is 0 Å². The summed E-state index contributed by atoms with van der Waals surface area (Å²) in [6.07, 6.45) is 19.1. The molecule has 0 heterocycles. The molecule has 1 amide bonds. The van der Waals surface area contributed by atoms with Gasteiger partial charge in [0.15, 0.2) is 0 Å². The molecule has 0 aromatic rings. The number of esters is 1. The van der Waals surface area contributed by atoms with Crippen LogP contribution in [-0.4, -0.2) is 31.3 Å².